The third-order valence-electron chi connectivity index (χ3n) is 2.27. The average molecular weight is 338 g/mol. The molecule has 0 radical (unpaired) electrons. The van der Waals surface area contributed by atoms with Crippen LogP contribution in [0.25, 0.3) is 0 Å². The standard InChI is InChI=1S/C12H14BrClO4/c1-2-18-11(16)6-10(15)12(17)7-3-8(13)5-9(14)4-7/h3-5,10,12,15,17H,2,6H2,1H3. The molecule has 100 valence electrons. The van der Waals surface area contributed by atoms with Gasteiger partial charge in [-0.3, -0.25) is 4.79 Å². The zero-order valence-corrected chi connectivity index (χ0v) is 12.1. The van der Waals surface area contributed by atoms with Gasteiger partial charge in [0.05, 0.1) is 19.1 Å². The van der Waals surface area contributed by atoms with Gasteiger partial charge in [0.25, 0.3) is 0 Å². The third-order valence-corrected chi connectivity index (χ3v) is 2.95. The molecule has 0 bridgehead atoms. The van der Waals surface area contributed by atoms with Crippen LogP contribution in [0.5, 0.6) is 0 Å². The van der Waals surface area contributed by atoms with Gasteiger partial charge in [0.15, 0.2) is 0 Å². The highest BCUT2D eigenvalue weighted by molar-refractivity contribution is 9.10. The molecule has 0 aromatic heterocycles. The van der Waals surface area contributed by atoms with E-state index >= 15 is 0 Å². The maximum absolute atomic E-state index is 11.2. The van der Waals surface area contributed by atoms with Crippen LogP contribution < -0.4 is 0 Å². The Kier molecular flexibility index (Phi) is 6.08. The topological polar surface area (TPSA) is 66.8 Å². The van der Waals surface area contributed by atoms with E-state index in [4.69, 9.17) is 16.3 Å². The number of benzene rings is 1. The molecule has 1 aromatic carbocycles. The number of carbonyl (C=O) groups excluding carboxylic acids is 1. The van der Waals surface area contributed by atoms with Crippen LogP contribution in [-0.2, 0) is 9.53 Å². The number of carbonyl (C=O) groups is 1. The van der Waals surface area contributed by atoms with E-state index in [1.54, 1.807) is 19.1 Å². The number of aliphatic hydroxyl groups is 2. The first kappa shape index (κ1) is 15.4. The molecule has 0 aliphatic heterocycles. The van der Waals surface area contributed by atoms with Crippen molar-refractivity contribution in [3.05, 3.63) is 33.3 Å². The Morgan fingerprint density at radius 1 is 1.44 bits per heavy atom. The van der Waals surface area contributed by atoms with E-state index in [1.165, 1.54) is 6.07 Å². The van der Waals surface area contributed by atoms with E-state index in [2.05, 4.69) is 15.9 Å². The molecular weight excluding hydrogens is 323 g/mol. The van der Waals surface area contributed by atoms with Crippen molar-refractivity contribution in [3.8, 4) is 0 Å². The molecule has 0 spiro atoms. The van der Waals surface area contributed by atoms with Crippen LogP contribution in [0.15, 0.2) is 22.7 Å². The van der Waals surface area contributed by atoms with Gasteiger partial charge in [0, 0.05) is 9.50 Å². The average Bonchev–Trinajstić information content (AvgIpc) is 2.26. The molecule has 0 saturated heterocycles. The first-order valence-corrected chi connectivity index (χ1v) is 6.59. The zero-order valence-electron chi connectivity index (χ0n) is 9.77. The summed E-state index contributed by atoms with van der Waals surface area (Å²) in [5.41, 5.74) is 0.436. The zero-order chi connectivity index (χ0) is 13.7. The van der Waals surface area contributed by atoms with Crippen molar-refractivity contribution in [1.82, 2.24) is 0 Å². The van der Waals surface area contributed by atoms with Gasteiger partial charge in [-0.15, -0.1) is 0 Å². The van der Waals surface area contributed by atoms with Crippen molar-refractivity contribution in [3.63, 3.8) is 0 Å². The van der Waals surface area contributed by atoms with Crippen LogP contribution in [0.1, 0.15) is 25.0 Å². The van der Waals surface area contributed by atoms with Crippen molar-refractivity contribution in [1.29, 1.82) is 0 Å². The van der Waals surface area contributed by atoms with Crippen molar-refractivity contribution in [2.24, 2.45) is 0 Å². The molecule has 0 amide bonds. The summed E-state index contributed by atoms with van der Waals surface area (Å²) >= 11 is 9.08. The Labute approximate surface area is 119 Å². The highest BCUT2D eigenvalue weighted by atomic mass is 79.9. The van der Waals surface area contributed by atoms with Crippen LogP contribution in [-0.4, -0.2) is 28.9 Å². The molecule has 1 aromatic rings. The summed E-state index contributed by atoms with van der Waals surface area (Å²) in [6.45, 7) is 1.92. The predicted octanol–water partition coefficient (Wildman–Crippen LogP) is 2.45. The summed E-state index contributed by atoms with van der Waals surface area (Å²) in [5.74, 6) is -0.551. The quantitative estimate of drug-likeness (QED) is 0.810. The first-order chi connectivity index (χ1) is 8.43. The minimum absolute atomic E-state index is 0.240. The Hall–Kier alpha value is -0.620. The van der Waals surface area contributed by atoms with Crippen molar-refractivity contribution >= 4 is 33.5 Å². The number of rotatable bonds is 5. The second-order valence-electron chi connectivity index (χ2n) is 3.72. The summed E-state index contributed by atoms with van der Waals surface area (Å²) < 4.78 is 5.39. The summed E-state index contributed by atoms with van der Waals surface area (Å²) in [4.78, 5) is 11.2. The molecule has 0 fully saturated rings. The minimum atomic E-state index is -1.23. The van der Waals surface area contributed by atoms with Crippen LogP contribution in [0.3, 0.4) is 0 Å². The fourth-order valence-corrected chi connectivity index (χ4v) is 2.36. The first-order valence-electron chi connectivity index (χ1n) is 5.41. The molecule has 0 saturated carbocycles. The van der Waals surface area contributed by atoms with Crippen LogP contribution >= 0.6 is 27.5 Å². The highest BCUT2D eigenvalue weighted by Gasteiger charge is 2.22. The molecule has 1 rings (SSSR count). The number of hydrogen-bond acceptors (Lipinski definition) is 4. The number of esters is 1. The van der Waals surface area contributed by atoms with Crippen molar-refractivity contribution in [2.75, 3.05) is 6.61 Å². The lowest BCUT2D eigenvalue weighted by Crippen LogP contribution is -2.23. The van der Waals surface area contributed by atoms with Gasteiger partial charge < -0.3 is 14.9 Å². The van der Waals surface area contributed by atoms with Gasteiger partial charge in [-0.05, 0) is 30.7 Å². The fraction of sp³-hybridized carbons (Fsp3) is 0.417. The molecule has 0 aliphatic carbocycles. The maximum atomic E-state index is 11.2. The van der Waals surface area contributed by atoms with E-state index in [0.717, 1.165) is 0 Å². The summed E-state index contributed by atoms with van der Waals surface area (Å²) in [6, 6.07) is 4.83. The second kappa shape index (κ2) is 7.09. The molecule has 0 aliphatic rings. The fourth-order valence-electron chi connectivity index (χ4n) is 1.47. The summed E-state index contributed by atoms with van der Waals surface area (Å²) in [5, 5.41) is 20.1. The van der Waals surface area contributed by atoms with Crippen LogP contribution in [0, 0.1) is 0 Å². The molecule has 2 unspecified atom stereocenters. The van der Waals surface area contributed by atoms with Crippen LogP contribution in [0.4, 0.5) is 0 Å². The van der Waals surface area contributed by atoms with Gasteiger partial charge in [0.2, 0.25) is 0 Å². The smallest absolute Gasteiger partial charge is 0.308 e. The monoisotopic (exact) mass is 336 g/mol. The molecule has 18 heavy (non-hydrogen) atoms. The summed E-state index contributed by atoms with van der Waals surface area (Å²) in [7, 11) is 0. The maximum Gasteiger partial charge on any atom is 0.308 e. The third kappa shape index (κ3) is 4.57. The Bertz CT molecular complexity index is 404. The Morgan fingerprint density at radius 3 is 2.67 bits per heavy atom. The molecule has 2 N–H and O–H groups in total. The lowest BCUT2D eigenvalue weighted by atomic mass is 10.0. The number of ether oxygens (including phenoxy) is 1. The van der Waals surface area contributed by atoms with Crippen LogP contribution in [0.2, 0.25) is 5.02 Å². The van der Waals surface area contributed by atoms with E-state index in [1.807, 2.05) is 0 Å². The lowest BCUT2D eigenvalue weighted by molar-refractivity contribution is -0.147. The largest absolute Gasteiger partial charge is 0.466 e. The van der Waals surface area contributed by atoms with Gasteiger partial charge in [0.1, 0.15) is 6.10 Å². The number of hydrogen-bond donors (Lipinski definition) is 2. The SMILES string of the molecule is CCOC(=O)CC(O)C(O)c1cc(Cl)cc(Br)c1. The number of aliphatic hydroxyl groups excluding tert-OH is 2. The van der Waals surface area contributed by atoms with E-state index in [0.29, 0.717) is 15.1 Å². The van der Waals surface area contributed by atoms with E-state index < -0.39 is 18.2 Å². The molecule has 6 heteroatoms. The Balaban J connectivity index is 2.73. The van der Waals surface area contributed by atoms with Gasteiger partial charge >= 0.3 is 5.97 Å². The second-order valence-corrected chi connectivity index (χ2v) is 5.08. The predicted molar refractivity (Wildman–Crippen MR) is 71.4 cm³/mol. The molecule has 0 heterocycles. The van der Waals surface area contributed by atoms with Crippen molar-refractivity contribution < 1.29 is 19.7 Å². The Morgan fingerprint density at radius 2 is 2.11 bits per heavy atom. The van der Waals surface area contributed by atoms with E-state index in [9.17, 15) is 15.0 Å². The van der Waals surface area contributed by atoms with Crippen molar-refractivity contribution in [2.45, 2.75) is 25.6 Å². The molecule has 2 atom stereocenters. The molecular formula is C12H14BrClO4. The normalized spacial score (nSPS) is 14.1. The molecule has 4 nitrogen and oxygen atoms in total. The van der Waals surface area contributed by atoms with Gasteiger partial charge in [-0.2, -0.15) is 0 Å². The highest BCUT2D eigenvalue weighted by Crippen LogP contribution is 2.26. The number of halogens is 2. The van der Waals surface area contributed by atoms with Gasteiger partial charge in [-0.25, -0.2) is 0 Å². The van der Waals surface area contributed by atoms with Gasteiger partial charge in [-0.1, -0.05) is 27.5 Å². The van der Waals surface area contributed by atoms with E-state index in [-0.39, 0.29) is 13.0 Å². The summed E-state index contributed by atoms with van der Waals surface area (Å²) in [6.07, 6.45) is -2.68. The lowest BCUT2D eigenvalue weighted by Gasteiger charge is -2.18. The minimum Gasteiger partial charge on any atom is -0.466 e.